The lowest BCUT2D eigenvalue weighted by atomic mass is 9.76. The predicted molar refractivity (Wildman–Crippen MR) is 94.1 cm³/mol. The quantitative estimate of drug-likeness (QED) is 0.908. The summed E-state index contributed by atoms with van der Waals surface area (Å²) in [6.45, 7) is 4.75. The zero-order chi connectivity index (χ0) is 17.3. The van der Waals surface area contributed by atoms with Gasteiger partial charge in [-0.05, 0) is 31.0 Å². The number of amidine groups is 1. The summed E-state index contributed by atoms with van der Waals surface area (Å²) < 4.78 is 0. The molecule has 2 aliphatic heterocycles. The van der Waals surface area contributed by atoms with Gasteiger partial charge in [0.2, 0.25) is 5.91 Å². The van der Waals surface area contributed by atoms with Crippen molar-refractivity contribution in [2.24, 2.45) is 10.4 Å². The molecule has 0 aliphatic carbocycles. The van der Waals surface area contributed by atoms with Gasteiger partial charge < -0.3 is 4.90 Å². The highest BCUT2D eigenvalue weighted by atomic mass is 35.5. The number of nitrogens with one attached hydrogen (secondary N) is 1. The topological polar surface area (TPSA) is 65.0 Å². The summed E-state index contributed by atoms with van der Waals surface area (Å²) in [4.78, 5) is 33.0. The molecule has 0 aromatic heterocycles. The van der Waals surface area contributed by atoms with Crippen LogP contribution in [-0.2, 0) is 4.79 Å². The van der Waals surface area contributed by atoms with E-state index < -0.39 is 11.4 Å². The molecular weight excluding hydrogens is 328 g/mol. The van der Waals surface area contributed by atoms with Crippen LogP contribution >= 0.6 is 11.6 Å². The Labute approximate surface area is 146 Å². The van der Waals surface area contributed by atoms with Crippen molar-refractivity contribution >= 4 is 35.1 Å². The third-order valence-electron chi connectivity index (χ3n) is 4.74. The van der Waals surface area contributed by atoms with Crippen LogP contribution in [0.2, 0.25) is 5.02 Å². The van der Waals surface area contributed by atoms with Crippen molar-refractivity contribution in [2.75, 3.05) is 18.2 Å². The SMILES string of the molecule is CCCC1(CC)C(=O)NC(=O)N2CN(c3cccc(Cl)c3)CN=C21. The summed E-state index contributed by atoms with van der Waals surface area (Å²) in [5, 5.41) is 3.14. The lowest BCUT2D eigenvalue weighted by Crippen LogP contribution is -2.67. The van der Waals surface area contributed by atoms with Gasteiger partial charge in [0.05, 0.1) is 0 Å². The fraction of sp³-hybridized carbons (Fsp3) is 0.471. The molecule has 1 saturated heterocycles. The highest BCUT2D eigenvalue weighted by molar-refractivity contribution is 6.30. The Kier molecular flexibility index (Phi) is 4.49. The normalized spacial score (nSPS) is 23.7. The number of fused-ring (bicyclic) bond motifs is 1. The van der Waals surface area contributed by atoms with Crippen LogP contribution in [0.5, 0.6) is 0 Å². The summed E-state index contributed by atoms with van der Waals surface area (Å²) >= 11 is 6.06. The van der Waals surface area contributed by atoms with Gasteiger partial charge in [0.25, 0.3) is 0 Å². The molecule has 0 saturated carbocycles. The Bertz CT molecular complexity index is 706. The van der Waals surface area contributed by atoms with Crippen LogP contribution in [-0.4, -0.2) is 36.0 Å². The number of hydrogen-bond acceptors (Lipinski definition) is 4. The molecule has 7 heteroatoms. The van der Waals surface area contributed by atoms with Crippen LogP contribution in [0.15, 0.2) is 29.3 Å². The standard InChI is InChI=1S/C17H21ClN4O2/c1-3-8-17(4-2)14-19-10-21(13-7-5-6-12(18)9-13)11-22(14)16(24)20-15(17)23/h5-7,9H,3-4,8,10-11H2,1-2H3,(H,20,23,24). The number of urea groups is 1. The zero-order valence-electron chi connectivity index (χ0n) is 13.9. The van der Waals surface area contributed by atoms with Crippen molar-refractivity contribution in [2.45, 2.75) is 33.1 Å². The van der Waals surface area contributed by atoms with Crippen LogP contribution in [0, 0.1) is 5.41 Å². The minimum atomic E-state index is -0.719. The number of hydrogen-bond donors (Lipinski definition) is 1. The lowest BCUT2D eigenvalue weighted by Gasteiger charge is -2.46. The third kappa shape index (κ3) is 2.65. The number of aliphatic imine (C=N–C) groups is 1. The highest BCUT2D eigenvalue weighted by Crippen LogP contribution is 2.36. The van der Waals surface area contributed by atoms with E-state index in [9.17, 15) is 9.59 Å². The van der Waals surface area contributed by atoms with Crippen LogP contribution < -0.4 is 10.2 Å². The van der Waals surface area contributed by atoms with Crippen molar-refractivity contribution in [3.8, 4) is 0 Å². The number of benzene rings is 1. The zero-order valence-corrected chi connectivity index (χ0v) is 14.6. The summed E-state index contributed by atoms with van der Waals surface area (Å²) in [5.41, 5.74) is 0.177. The first-order valence-electron chi connectivity index (χ1n) is 8.20. The molecule has 24 heavy (non-hydrogen) atoms. The van der Waals surface area contributed by atoms with Gasteiger partial charge >= 0.3 is 6.03 Å². The van der Waals surface area contributed by atoms with Gasteiger partial charge in [-0.1, -0.05) is 37.9 Å². The number of amides is 3. The summed E-state index contributed by atoms with van der Waals surface area (Å²) in [7, 11) is 0. The van der Waals surface area contributed by atoms with Gasteiger partial charge in [-0.2, -0.15) is 0 Å². The number of rotatable bonds is 4. The fourth-order valence-electron chi connectivity index (χ4n) is 3.46. The minimum Gasteiger partial charge on any atom is -0.334 e. The number of carbonyl (C=O) groups excluding carboxylic acids is 2. The molecule has 3 rings (SSSR count). The Morgan fingerprint density at radius 1 is 1.33 bits per heavy atom. The van der Waals surface area contributed by atoms with Crippen molar-refractivity contribution < 1.29 is 9.59 Å². The van der Waals surface area contributed by atoms with Gasteiger partial charge in [-0.3, -0.25) is 15.0 Å². The molecule has 0 bridgehead atoms. The first-order valence-corrected chi connectivity index (χ1v) is 8.58. The van der Waals surface area contributed by atoms with Crippen LogP contribution in [0.3, 0.4) is 0 Å². The average molecular weight is 349 g/mol. The fourth-order valence-corrected chi connectivity index (χ4v) is 3.64. The Balaban J connectivity index is 1.97. The Hall–Kier alpha value is -2.08. The number of carbonyl (C=O) groups is 2. The molecule has 1 unspecified atom stereocenters. The minimum absolute atomic E-state index is 0.233. The van der Waals surface area contributed by atoms with Crippen molar-refractivity contribution in [3.63, 3.8) is 0 Å². The van der Waals surface area contributed by atoms with Gasteiger partial charge in [0, 0.05) is 10.7 Å². The number of anilines is 1. The van der Waals surface area contributed by atoms with Gasteiger partial charge in [0.15, 0.2) is 0 Å². The Morgan fingerprint density at radius 3 is 2.79 bits per heavy atom. The second kappa shape index (κ2) is 6.43. The number of halogens is 1. The molecule has 2 aliphatic rings. The maximum absolute atomic E-state index is 12.5. The summed E-state index contributed by atoms with van der Waals surface area (Å²) in [6.07, 6.45) is 2.14. The monoisotopic (exact) mass is 348 g/mol. The van der Waals surface area contributed by atoms with Gasteiger partial charge in [-0.25, -0.2) is 9.79 Å². The van der Waals surface area contributed by atoms with Crippen molar-refractivity contribution in [1.82, 2.24) is 10.2 Å². The molecular formula is C17H21ClN4O2. The predicted octanol–water partition coefficient (Wildman–Crippen LogP) is 3.22. The third-order valence-corrected chi connectivity index (χ3v) is 4.98. The van der Waals surface area contributed by atoms with Gasteiger partial charge in [0.1, 0.15) is 24.6 Å². The Morgan fingerprint density at radius 2 is 2.12 bits per heavy atom. The van der Waals surface area contributed by atoms with E-state index in [4.69, 9.17) is 11.6 Å². The van der Waals surface area contributed by atoms with E-state index in [-0.39, 0.29) is 5.91 Å². The number of nitrogens with zero attached hydrogens (tertiary/aromatic N) is 3. The number of imide groups is 1. The van der Waals surface area contributed by atoms with Crippen molar-refractivity contribution in [1.29, 1.82) is 0 Å². The molecule has 1 atom stereocenters. The molecule has 1 fully saturated rings. The van der Waals surface area contributed by atoms with E-state index in [0.717, 1.165) is 12.1 Å². The maximum atomic E-state index is 12.5. The molecule has 1 aromatic carbocycles. The molecule has 6 nitrogen and oxygen atoms in total. The molecule has 128 valence electrons. The van der Waals surface area contributed by atoms with Crippen LogP contribution in [0.25, 0.3) is 0 Å². The van der Waals surface area contributed by atoms with Crippen molar-refractivity contribution in [3.05, 3.63) is 29.3 Å². The van der Waals surface area contributed by atoms with E-state index in [1.807, 2.05) is 36.9 Å². The van der Waals surface area contributed by atoms with Crippen LogP contribution in [0.4, 0.5) is 10.5 Å². The van der Waals surface area contributed by atoms with E-state index in [1.54, 1.807) is 11.0 Å². The lowest BCUT2D eigenvalue weighted by molar-refractivity contribution is -0.128. The van der Waals surface area contributed by atoms with Gasteiger partial charge in [-0.15, -0.1) is 0 Å². The smallest absolute Gasteiger partial charge is 0.331 e. The molecule has 1 aromatic rings. The first kappa shape index (κ1) is 16.8. The van der Waals surface area contributed by atoms with E-state index in [2.05, 4.69) is 10.3 Å². The van der Waals surface area contributed by atoms with E-state index >= 15 is 0 Å². The van der Waals surface area contributed by atoms with Crippen LogP contribution in [0.1, 0.15) is 33.1 Å². The highest BCUT2D eigenvalue weighted by Gasteiger charge is 2.51. The average Bonchev–Trinajstić information content (AvgIpc) is 2.58. The largest absolute Gasteiger partial charge is 0.334 e. The maximum Gasteiger partial charge on any atom is 0.331 e. The molecule has 0 spiro atoms. The van der Waals surface area contributed by atoms with E-state index in [0.29, 0.717) is 37.0 Å². The first-order chi connectivity index (χ1) is 11.5. The second-order valence-corrected chi connectivity index (χ2v) is 6.59. The molecule has 2 heterocycles. The summed E-state index contributed by atoms with van der Waals surface area (Å²) in [5.74, 6) is 0.363. The summed E-state index contributed by atoms with van der Waals surface area (Å²) in [6, 6.07) is 7.03. The molecule has 1 N–H and O–H groups in total. The second-order valence-electron chi connectivity index (χ2n) is 6.16. The molecule has 0 radical (unpaired) electrons. The molecule has 3 amide bonds. The van der Waals surface area contributed by atoms with E-state index in [1.165, 1.54) is 0 Å².